The molecule has 0 saturated carbocycles. The molecule has 9 aromatic carbocycles. The van der Waals surface area contributed by atoms with Gasteiger partial charge in [-0.15, -0.1) is 0 Å². The minimum absolute atomic E-state index is 0.234. The maximum Gasteiger partial charge on any atom is 0.123 e. The van der Waals surface area contributed by atoms with Crippen LogP contribution in [-0.4, -0.2) is 4.57 Å². The van der Waals surface area contributed by atoms with Gasteiger partial charge in [0.25, 0.3) is 0 Å². The molecule has 3 heteroatoms. The third-order valence-electron chi connectivity index (χ3n) is 11.7. The Balaban J connectivity index is 1.20. The lowest BCUT2D eigenvalue weighted by Crippen LogP contribution is -2.28. The zero-order valence-electron chi connectivity index (χ0n) is 30.5. The van der Waals surface area contributed by atoms with Crippen LogP contribution in [0.15, 0.2) is 212 Å². The fraction of sp³-hybridized carbons (Fsp3) is 0.0189. The molecule has 11 rings (SSSR count). The molecule has 0 bridgehead atoms. The highest BCUT2D eigenvalue weighted by molar-refractivity contribution is 6.10. The minimum atomic E-state index is -0.657. The molecule has 0 fully saturated rings. The summed E-state index contributed by atoms with van der Waals surface area (Å²) in [5.41, 5.74) is 13.0. The van der Waals surface area contributed by atoms with Crippen molar-refractivity contribution in [2.24, 2.45) is 0 Å². The second-order valence-electron chi connectivity index (χ2n) is 14.7. The average molecular weight is 719 g/mol. The van der Waals surface area contributed by atoms with Gasteiger partial charge in [-0.2, -0.15) is 0 Å². The molecule has 0 amide bonds. The van der Waals surface area contributed by atoms with E-state index in [0.29, 0.717) is 0 Å². The van der Waals surface area contributed by atoms with Gasteiger partial charge in [0.15, 0.2) is 0 Å². The summed E-state index contributed by atoms with van der Waals surface area (Å²) in [6.07, 6.45) is 0. The molecule has 1 aliphatic carbocycles. The van der Waals surface area contributed by atoms with Gasteiger partial charge in [-0.3, -0.25) is 0 Å². The van der Waals surface area contributed by atoms with Gasteiger partial charge in [0, 0.05) is 33.5 Å². The number of nitrogens with zero attached hydrogens (tertiary/aromatic N) is 2. The van der Waals surface area contributed by atoms with Crippen LogP contribution in [0, 0.1) is 5.82 Å². The molecule has 264 valence electrons. The van der Waals surface area contributed by atoms with Crippen molar-refractivity contribution >= 4 is 49.6 Å². The number of hydrogen-bond acceptors (Lipinski definition) is 1. The van der Waals surface area contributed by atoms with E-state index in [1.54, 1.807) is 12.1 Å². The lowest BCUT2D eigenvalue weighted by Gasteiger charge is -2.35. The van der Waals surface area contributed by atoms with E-state index < -0.39 is 5.41 Å². The monoisotopic (exact) mass is 718 g/mol. The van der Waals surface area contributed by atoms with Crippen LogP contribution in [-0.2, 0) is 5.41 Å². The molecule has 1 heterocycles. The third-order valence-corrected chi connectivity index (χ3v) is 11.7. The van der Waals surface area contributed by atoms with E-state index in [-0.39, 0.29) is 5.82 Å². The lowest BCUT2D eigenvalue weighted by molar-refractivity contribution is 0.629. The van der Waals surface area contributed by atoms with Crippen molar-refractivity contribution in [1.82, 2.24) is 4.57 Å². The largest absolute Gasteiger partial charge is 0.310 e. The van der Waals surface area contributed by atoms with Gasteiger partial charge in [0.2, 0.25) is 0 Å². The first-order valence-corrected chi connectivity index (χ1v) is 19.1. The van der Waals surface area contributed by atoms with Crippen LogP contribution in [0.3, 0.4) is 0 Å². The molecular weight excluding hydrogens is 684 g/mol. The Morgan fingerprint density at radius 3 is 1.71 bits per heavy atom. The van der Waals surface area contributed by atoms with E-state index >= 15 is 0 Å². The van der Waals surface area contributed by atoms with Crippen LogP contribution in [0.5, 0.6) is 0 Å². The lowest BCUT2D eigenvalue weighted by atomic mass is 9.67. The van der Waals surface area contributed by atoms with Gasteiger partial charge in [0.1, 0.15) is 5.82 Å². The van der Waals surface area contributed by atoms with Crippen molar-refractivity contribution in [3.8, 4) is 16.8 Å². The highest BCUT2D eigenvalue weighted by Gasteiger charge is 2.46. The predicted octanol–water partition coefficient (Wildman–Crippen LogP) is 13.9. The van der Waals surface area contributed by atoms with Crippen LogP contribution >= 0.6 is 0 Å². The second kappa shape index (κ2) is 12.7. The maximum absolute atomic E-state index is 14.8. The van der Waals surface area contributed by atoms with Crippen molar-refractivity contribution in [2.45, 2.75) is 5.41 Å². The van der Waals surface area contributed by atoms with Crippen molar-refractivity contribution in [3.05, 3.63) is 240 Å². The number of para-hydroxylation sites is 3. The molecule has 2 nitrogen and oxygen atoms in total. The zero-order chi connectivity index (χ0) is 37.2. The van der Waals surface area contributed by atoms with Gasteiger partial charge in [-0.05, 0) is 123 Å². The molecule has 0 saturated heterocycles. The molecule has 10 aromatic rings. The fourth-order valence-corrected chi connectivity index (χ4v) is 9.31. The van der Waals surface area contributed by atoms with Gasteiger partial charge in [-0.25, -0.2) is 4.39 Å². The summed E-state index contributed by atoms with van der Waals surface area (Å²) in [4.78, 5) is 2.38. The van der Waals surface area contributed by atoms with E-state index in [2.05, 4.69) is 204 Å². The quantitative estimate of drug-likeness (QED) is 0.166. The molecule has 0 spiro atoms. The Bertz CT molecular complexity index is 3040. The van der Waals surface area contributed by atoms with E-state index in [1.807, 2.05) is 6.07 Å². The average Bonchev–Trinajstić information content (AvgIpc) is 3.74. The second-order valence-corrected chi connectivity index (χ2v) is 14.7. The first-order chi connectivity index (χ1) is 27.7. The number of anilines is 3. The predicted molar refractivity (Wildman–Crippen MR) is 230 cm³/mol. The summed E-state index contributed by atoms with van der Waals surface area (Å²) < 4.78 is 17.2. The Labute approximate surface area is 325 Å². The molecule has 0 radical (unpaired) electrons. The number of rotatable bonds is 6. The molecule has 1 aliphatic rings. The van der Waals surface area contributed by atoms with Crippen molar-refractivity contribution < 1.29 is 4.39 Å². The first kappa shape index (κ1) is 32.2. The zero-order valence-corrected chi connectivity index (χ0v) is 30.5. The topological polar surface area (TPSA) is 8.17 Å². The summed E-state index contributed by atoms with van der Waals surface area (Å²) in [5, 5.41) is 4.34. The smallest absolute Gasteiger partial charge is 0.123 e. The highest BCUT2D eigenvalue weighted by atomic mass is 19.1. The van der Waals surface area contributed by atoms with E-state index in [0.717, 1.165) is 44.6 Å². The molecule has 0 aliphatic heterocycles. The van der Waals surface area contributed by atoms with Gasteiger partial charge < -0.3 is 9.47 Å². The van der Waals surface area contributed by atoms with Gasteiger partial charge >= 0.3 is 0 Å². The number of halogens is 1. The summed E-state index contributed by atoms with van der Waals surface area (Å²) in [5.74, 6) is -0.234. The molecule has 0 atom stereocenters. The summed E-state index contributed by atoms with van der Waals surface area (Å²) in [7, 11) is 0. The molecule has 56 heavy (non-hydrogen) atoms. The molecule has 0 N–H and O–H groups in total. The SMILES string of the molecule is Fc1ccc2cc3c(cc2c1)C(c1ccccc1)(c1ccccc1)c1cc(N(c2ccccc2)c2ccc4c5ccccc5n(-c5ccccc5)c4c2)ccc1-3. The van der Waals surface area contributed by atoms with Gasteiger partial charge in [0.05, 0.1) is 16.4 Å². The summed E-state index contributed by atoms with van der Waals surface area (Å²) in [6, 6.07) is 74.9. The Morgan fingerprint density at radius 1 is 0.393 bits per heavy atom. The van der Waals surface area contributed by atoms with Crippen LogP contribution in [0.2, 0.25) is 0 Å². The number of benzene rings is 9. The van der Waals surface area contributed by atoms with E-state index in [9.17, 15) is 4.39 Å². The van der Waals surface area contributed by atoms with E-state index in [4.69, 9.17) is 0 Å². The Morgan fingerprint density at radius 2 is 0.982 bits per heavy atom. The number of fused-ring (bicyclic) bond motifs is 7. The van der Waals surface area contributed by atoms with Crippen LogP contribution < -0.4 is 4.90 Å². The summed E-state index contributed by atoms with van der Waals surface area (Å²) >= 11 is 0. The normalized spacial score (nSPS) is 12.9. The standard InChI is InChI=1S/C53H35FN2/c54-40-26-25-36-32-48-45-29-27-43(34-50(45)53(38-15-5-1-6-16-38,39-17-7-2-8-18-39)49(48)33-37(36)31-40)55(41-19-9-3-10-20-41)44-28-30-47-46-23-13-14-24-51(46)56(52(47)35-44)42-21-11-4-12-22-42/h1-35H. The molecular formula is C53H35FN2. The Kier molecular flexibility index (Phi) is 7.30. The summed E-state index contributed by atoms with van der Waals surface area (Å²) in [6.45, 7) is 0. The molecule has 1 aromatic heterocycles. The molecule has 0 unspecified atom stereocenters. The maximum atomic E-state index is 14.8. The Hall–Kier alpha value is -7.23. The first-order valence-electron chi connectivity index (χ1n) is 19.1. The number of aromatic nitrogens is 1. The third kappa shape index (κ3) is 4.81. The fourth-order valence-electron chi connectivity index (χ4n) is 9.31. The highest BCUT2D eigenvalue weighted by Crippen LogP contribution is 2.58. The van der Waals surface area contributed by atoms with Crippen molar-refractivity contribution in [3.63, 3.8) is 0 Å². The minimum Gasteiger partial charge on any atom is -0.310 e. The van der Waals surface area contributed by atoms with Crippen molar-refractivity contribution in [2.75, 3.05) is 4.90 Å². The van der Waals surface area contributed by atoms with Crippen molar-refractivity contribution in [1.29, 1.82) is 0 Å². The van der Waals surface area contributed by atoms with Crippen LogP contribution in [0.1, 0.15) is 22.3 Å². The van der Waals surface area contributed by atoms with Crippen LogP contribution in [0.4, 0.5) is 21.5 Å². The van der Waals surface area contributed by atoms with Gasteiger partial charge in [-0.1, -0.05) is 133 Å². The van der Waals surface area contributed by atoms with E-state index in [1.165, 1.54) is 44.1 Å². The van der Waals surface area contributed by atoms with Crippen LogP contribution in [0.25, 0.3) is 49.4 Å². The number of hydrogen-bond donors (Lipinski definition) is 0.